The van der Waals surface area contributed by atoms with Crippen LogP contribution in [0.5, 0.6) is 0 Å². The first-order valence-corrected chi connectivity index (χ1v) is 12.8. The van der Waals surface area contributed by atoms with Crippen LogP contribution < -0.4 is 26.4 Å². The molecule has 2 rings (SSSR count). The molecule has 11 nitrogen and oxygen atoms in total. The Morgan fingerprint density at radius 1 is 1.18 bits per heavy atom. The first kappa shape index (κ1) is 26.6. The Morgan fingerprint density at radius 2 is 1.94 bits per heavy atom. The van der Waals surface area contributed by atoms with E-state index in [1.54, 1.807) is 12.1 Å². The van der Waals surface area contributed by atoms with Gasteiger partial charge in [0.15, 0.2) is 5.96 Å². The Labute approximate surface area is 194 Å². The van der Waals surface area contributed by atoms with Crippen LogP contribution in [0.1, 0.15) is 41.6 Å². The van der Waals surface area contributed by atoms with Crippen molar-refractivity contribution >= 4 is 27.9 Å². The minimum absolute atomic E-state index is 0.134. The second-order valence-electron chi connectivity index (χ2n) is 7.77. The number of hydrogen-bond acceptors (Lipinski definition) is 8. The van der Waals surface area contributed by atoms with Crippen LogP contribution in [0.15, 0.2) is 29.3 Å². The number of unbranched alkanes of at least 4 members (excludes halogenated alkanes) is 2. The number of carbonyl (C=O) groups is 2. The molecule has 1 aromatic carbocycles. The molecular weight excluding hydrogens is 448 g/mol. The quantitative estimate of drug-likeness (QED) is 0.191. The third-order valence-electron chi connectivity index (χ3n) is 5.02. The molecule has 0 aliphatic carbocycles. The number of sulfonamides is 1. The second-order valence-corrected chi connectivity index (χ2v) is 9.64. The molecule has 1 aliphatic rings. The van der Waals surface area contributed by atoms with E-state index in [9.17, 15) is 23.1 Å². The van der Waals surface area contributed by atoms with Gasteiger partial charge in [0.2, 0.25) is 10.0 Å². The van der Waals surface area contributed by atoms with Crippen LogP contribution in [-0.2, 0) is 21.2 Å². The minimum atomic E-state index is -3.83. The Balaban J connectivity index is 1.70. The summed E-state index contributed by atoms with van der Waals surface area (Å²) in [6.07, 6.45) is 5.10. The van der Waals surface area contributed by atoms with E-state index < -0.39 is 33.7 Å². The first-order chi connectivity index (χ1) is 15.8. The number of aryl methyl sites for hydroxylation is 1. The number of rotatable bonds is 14. The number of hydrogen-bond donors (Lipinski definition) is 6. The number of benzene rings is 1. The molecule has 0 spiro atoms. The van der Waals surface area contributed by atoms with E-state index in [4.69, 9.17) is 5.73 Å². The Kier molecular flexibility index (Phi) is 11.1. The summed E-state index contributed by atoms with van der Waals surface area (Å²) < 4.78 is 25.5. The molecule has 1 heterocycles. The molecular formula is C21H34N6O5S. The molecule has 7 N–H and O–H groups in total. The Morgan fingerprint density at radius 3 is 2.58 bits per heavy atom. The topological polar surface area (TPSA) is 175 Å². The van der Waals surface area contributed by atoms with E-state index in [-0.39, 0.29) is 13.1 Å². The van der Waals surface area contributed by atoms with Gasteiger partial charge in [-0.3, -0.25) is 14.6 Å². The summed E-state index contributed by atoms with van der Waals surface area (Å²) in [5.41, 5.74) is 6.69. The molecule has 0 unspecified atom stereocenters. The molecule has 1 atom stereocenters. The predicted molar refractivity (Wildman–Crippen MR) is 127 cm³/mol. The Bertz CT molecular complexity index is 904. The van der Waals surface area contributed by atoms with E-state index in [2.05, 4.69) is 20.9 Å². The fourth-order valence-electron chi connectivity index (χ4n) is 3.22. The zero-order valence-electron chi connectivity index (χ0n) is 18.7. The van der Waals surface area contributed by atoms with Crippen molar-refractivity contribution in [1.82, 2.24) is 20.7 Å². The molecule has 0 bridgehead atoms. The summed E-state index contributed by atoms with van der Waals surface area (Å²) in [7, 11) is -3.83. The van der Waals surface area contributed by atoms with Gasteiger partial charge in [-0.25, -0.2) is 8.42 Å². The standard InChI is InChI=1S/C21H34N6O5S/c22-10-14-33(31,32)27-18(20(29)30)15-26-19(28)17-8-6-16(7-9-17)5-2-1-3-11-23-21-24-12-4-13-25-21/h6-9,18,27H,1-5,10-15,22H2,(H,26,28)(H,29,30)(H2,23,24,25)/t18-/m0/s1. The summed E-state index contributed by atoms with van der Waals surface area (Å²) in [5.74, 6) is -1.37. The number of nitrogens with one attached hydrogen (secondary N) is 4. The molecule has 0 radical (unpaired) electrons. The maximum atomic E-state index is 12.3. The van der Waals surface area contributed by atoms with Crippen LogP contribution in [0.3, 0.4) is 0 Å². The van der Waals surface area contributed by atoms with Gasteiger partial charge in [0.1, 0.15) is 6.04 Å². The molecule has 12 heteroatoms. The number of aliphatic imine (C=N–C) groups is 1. The van der Waals surface area contributed by atoms with E-state index in [0.717, 1.165) is 63.3 Å². The van der Waals surface area contributed by atoms with Crippen molar-refractivity contribution in [3.63, 3.8) is 0 Å². The van der Waals surface area contributed by atoms with Crippen molar-refractivity contribution in [2.24, 2.45) is 10.7 Å². The van der Waals surface area contributed by atoms with Crippen LogP contribution >= 0.6 is 0 Å². The molecule has 33 heavy (non-hydrogen) atoms. The molecule has 0 saturated carbocycles. The van der Waals surface area contributed by atoms with Gasteiger partial charge < -0.3 is 26.8 Å². The lowest BCUT2D eigenvalue weighted by Crippen LogP contribution is -2.49. The lowest BCUT2D eigenvalue weighted by molar-refractivity contribution is -0.138. The lowest BCUT2D eigenvalue weighted by atomic mass is 10.0. The number of guanidine groups is 1. The van der Waals surface area contributed by atoms with E-state index in [1.165, 1.54) is 0 Å². The highest BCUT2D eigenvalue weighted by atomic mass is 32.2. The number of carbonyl (C=O) groups excluding carboxylic acids is 1. The highest BCUT2D eigenvalue weighted by Gasteiger charge is 2.24. The number of aliphatic carboxylic acids is 1. The maximum Gasteiger partial charge on any atom is 0.323 e. The minimum Gasteiger partial charge on any atom is -0.480 e. The molecule has 0 aromatic heterocycles. The lowest BCUT2D eigenvalue weighted by Gasteiger charge is -2.15. The zero-order chi connectivity index (χ0) is 24.1. The van der Waals surface area contributed by atoms with Crippen LogP contribution in [0.4, 0.5) is 0 Å². The van der Waals surface area contributed by atoms with Crippen molar-refractivity contribution in [2.75, 3.05) is 38.5 Å². The van der Waals surface area contributed by atoms with Crippen LogP contribution in [0, 0.1) is 0 Å². The molecule has 1 amide bonds. The zero-order valence-corrected chi connectivity index (χ0v) is 19.5. The van der Waals surface area contributed by atoms with Gasteiger partial charge in [0.25, 0.3) is 5.91 Å². The summed E-state index contributed by atoms with van der Waals surface area (Å²) in [5, 5.41) is 18.2. The van der Waals surface area contributed by atoms with Gasteiger partial charge in [-0.05, 0) is 43.4 Å². The number of nitrogens with two attached hydrogens (primary N) is 1. The highest BCUT2D eigenvalue weighted by molar-refractivity contribution is 7.89. The van der Waals surface area contributed by atoms with Gasteiger partial charge in [-0.1, -0.05) is 18.6 Å². The summed E-state index contributed by atoms with van der Waals surface area (Å²) in [4.78, 5) is 28.0. The van der Waals surface area contributed by atoms with E-state index in [0.29, 0.717) is 5.56 Å². The number of carboxylic acid groups (broad SMARTS) is 1. The second kappa shape index (κ2) is 13.8. The third-order valence-corrected chi connectivity index (χ3v) is 6.44. The smallest absolute Gasteiger partial charge is 0.323 e. The largest absolute Gasteiger partial charge is 0.480 e. The fraction of sp³-hybridized carbons (Fsp3) is 0.571. The van der Waals surface area contributed by atoms with Gasteiger partial charge in [0, 0.05) is 38.3 Å². The number of amides is 1. The summed E-state index contributed by atoms with van der Waals surface area (Å²) >= 11 is 0. The van der Waals surface area contributed by atoms with Crippen molar-refractivity contribution in [2.45, 2.75) is 38.1 Å². The normalized spacial score (nSPS) is 14.6. The summed E-state index contributed by atoms with van der Waals surface area (Å²) in [6, 6.07) is 5.61. The number of nitrogens with zero attached hydrogens (tertiary/aromatic N) is 1. The van der Waals surface area contributed by atoms with Crippen molar-refractivity contribution < 1.29 is 23.1 Å². The predicted octanol–water partition coefficient (Wildman–Crippen LogP) is -0.601. The van der Waals surface area contributed by atoms with Crippen molar-refractivity contribution in [3.8, 4) is 0 Å². The van der Waals surface area contributed by atoms with Gasteiger partial charge in [-0.15, -0.1) is 0 Å². The third kappa shape index (κ3) is 10.2. The van der Waals surface area contributed by atoms with Crippen LogP contribution in [-0.4, -0.2) is 75.9 Å². The van der Waals surface area contributed by atoms with Crippen LogP contribution in [0.25, 0.3) is 0 Å². The van der Waals surface area contributed by atoms with Gasteiger partial charge >= 0.3 is 5.97 Å². The maximum absolute atomic E-state index is 12.3. The average Bonchev–Trinajstić information content (AvgIpc) is 2.79. The monoisotopic (exact) mass is 482 g/mol. The molecule has 184 valence electrons. The summed E-state index contributed by atoms with van der Waals surface area (Å²) in [6.45, 7) is 2.20. The molecule has 1 aromatic rings. The van der Waals surface area contributed by atoms with Gasteiger partial charge in [-0.2, -0.15) is 4.72 Å². The highest BCUT2D eigenvalue weighted by Crippen LogP contribution is 2.09. The molecule has 0 saturated heterocycles. The Hall–Kier alpha value is -2.70. The van der Waals surface area contributed by atoms with Gasteiger partial charge in [0.05, 0.1) is 5.75 Å². The fourth-order valence-corrected chi connectivity index (χ4v) is 4.26. The SMILES string of the molecule is NCCS(=O)(=O)N[C@@H](CNC(=O)c1ccc(CCCCCNC2=NCCCN2)cc1)C(=O)O. The molecule has 1 aliphatic heterocycles. The average molecular weight is 483 g/mol. The van der Waals surface area contributed by atoms with Crippen molar-refractivity contribution in [1.29, 1.82) is 0 Å². The van der Waals surface area contributed by atoms with E-state index in [1.807, 2.05) is 16.9 Å². The van der Waals surface area contributed by atoms with Crippen molar-refractivity contribution in [3.05, 3.63) is 35.4 Å². The van der Waals surface area contributed by atoms with E-state index >= 15 is 0 Å². The first-order valence-electron chi connectivity index (χ1n) is 11.1. The number of carboxylic acids is 1. The van der Waals surface area contributed by atoms with Crippen LogP contribution in [0.2, 0.25) is 0 Å². The molecule has 0 fully saturated rings.